The van der Waals surface area contributed by atoms with Crippen LogP contribution >= 0.6 is 11.6 Å². The molecular formula is C14H13ClFNO3. The number of carboxylic acid groups (broad SMARTS) is 1. The molecule has 2 aliphatic heterocycles. The first-order chi connectivity index (χ1) is 9.49. The van der Waals surface area contributed by atoms with Gasteiger partial charge in [-0.25, -0.2) is 4.39 Å². The van der Waals surface area contributed by atoms with E-state index in [0.29, 0.717) is 12.8 Å². The van der Waals surface area contributed by atoms with Gasteiger partial charge in [-0.05, 0) is 37.5 Å². The predicted octanol–water partition coefficient (Wildman–Crippen LogP) is 2.56. The molecule has 0 saturated carbocycles. The van der Waals surface area contributed by atoms with Crippen molar-refractivity contribution in [3.8, 4) is 0 Å². The zero-order valence-electron chi connectivity index (χ0n) is 10.6. The number of benzene rings is 1. The SMILES string of the molecule is O=C(O)C1CC2CCC1N2C(=O)c1ccc(Cl)c(F)c1. The monoisotopic (exact) mass is 297 g/mol. The van der Waals surface area contributed by atoms with Gasteiger partial charge in [-0.3, -0.25) is 9.59 Å². The van der Waals surface area contributed by atoms with Crippen LogP contribution in [-0.2, 0) is 4.79 Å². The van der Waals surface area contributed by atoms with Crippen LogP contribution in [0.15, 0.2) is 18.2 Å². The van der Waals surface area contributed by atoms with Crippen molar-refractivity contribution in [1.82, 2.24) is 4.90 Å². The number of hydrogen-bond acceptors (Lipinski definition) is 2. The third-order valence-corrected chi connectivity index (χ3v) is 4.56. The van der Waals surface area contributed by atoms with E-state index in [1.165, 1.54) is 12.1 Å². The molecule has 2 aliphatic rings. The van der Waals surface area contributed by atoms with E-state index in [-0.39, 0.29) is 28.6 Å². The van der Waals surface area contributed by atoms with Gasteiger partial charge in [-0.15, -0.1) is 0 Å². The summed E-state index contributed by atoms with van der Waals surface area (Å²) in [4.78, 5) is 25.3. The number of carbonyl (C=O) groups excluding carboxylic acids is 1. The number of aliphatic carboxylic acids is 1. The molecule has 2 heterocycles. The number of carbonyl (C=O) groups is 2. The quantitative estimate of drug-likeness (QED) is 0.912. The summed E-state index contributed by atoms with van der Waals surface area (Å²) in [5, 5.41) is 9.14. The van der Waals surface area contributed by atoms with Crippen molar-refractivity contribution in [2.75, 3.05) is 0 Å². The van der Waals surface area contributed by atoms with Crippen molar-refractivity contribution in [2.24, 2.45) is 5.92 Å². The second kappa shape index (κ2) is 4.74. The summed E-state index contributed by atoms with van der Waals surface area (Å²) in [6.07, 6.45) is 2.00. The fourth-order valence-electron chi connectivity index (χ4n) is 3.35. The minimum Gasteiger partial charge on any atom is -0.481 e. The molecule has 3 rings (SSSR count). The zero-order valence-corrected chi connectivity index (χ0v) is 11.3. The molecule has 3 atom stereocenters. The largest absolute Gasteiger partial charge is 0.481 e. The molecule has 0 aromatic heterocycles. The molecule has 1 N–H and O–H groups in total. The molecule has 2 fully saturated rings. The number of fused-ring (bicyclic) bond motifs is 2. The summed E-state index contributed by atoms with van der Waals surface area (Å²) in [6.45, 7) is 0. The van der Waals surface area contributed by atoms with Crippen LogP contribution in [0.1, 0.15) is 29.6 Å². The summed E-state index contributed by atoms with van der Waals surface area (Å²) in [7, 11) is 0. The molecule has 2 bridgehead atoms. The van der Waals surface area contributed by atoms with Crippen LogP contribution in [0.2, 0.25) is 5.02 Å². The zero-order chi connectivity index (χ0) is 14.4. The Bertz CT molecular complexity index is 592. The lowest BCUT2D eigenvalue weighted by Crippen LogP contribution is -2.37. The van der Waals surface area contributed by atoms with Gasteiger partial charge < -0.3 is 10.0 Å². The Kier molecular flexibility index (Phi) is 3.17. The first-order valence-electron chi connectivity index (χ1n) is 6.49. The fraction of sp³-hybridized carbons (Fsp3) is 0.429. The second-order valence-electron chi connectivity index (χ2n) is 5.32. The number of hydrogen-bond donors (Lipinski definition) is 1. The Morgan fingerprint density at radius 1 is 1.35 bits per heavy atom. The van der Waals surface area contributed by atoms with Gasteiger partial charge in [-0.2, -0.15) is 0 Å². The minimum absolute atomic E-state index is 0.0330. The first-order valence-corrected chi connectivity index (χ1v) is 6.87. The molecule has 1 amide bonds. The summed E-state index contributed by atoms with van der Waals surface area (Å²) < 4.78 is 13.4. The maximum atomic E-state index is 13.4. The Morgan fingerprint density at radius 3 is 2.70 bits per heavy atom. The van der Waals surface area contributed by atoms with Gasteiger partial charge in [0.1, 0.15) is 5.82 Å². The summed E-state index contributed by atoms with van der Waals surface area (Å²) in [6, 6.07) is 3.60. The van der Waals surface area contributed by atoms with E-state index in [4.69, 9.17) is 11.6 Å². The van der Waals surface area contributed by atoms with Gasteiger partial charge in [0.05, 0.1) is 10.9 Å². The molecule has 3 unspecified atom stereocenters. The van der Waals surface area contributed by atoms with E-state index in [0.717, 1.165) is 12.5 Å². The lowest BCUT2D eigenvalue weighted by molar-refractivity contribution is -0.142. The fourth-order valence-corrected chi connectivity index (χ4v) is 3.47. The predicted molar refractivity (Wildman–Crippen MR) is 70.1 cm³/mol. The van der Waals surface area contributed by atoms with Crippen molar-refractivity contribution in [1.29, 1.82) is 0 Å². The highest BCUT2D eigenvalue weighted by atomic mass is 35.5. The Morgan fingerprint density at radius 2 is 2.10 bits per heavy atom. The van der Waals surface area contributed by atoms with Gasteiger partial charge >= 0.3 is 5.97 Å². The smallest absolute Gasteiger partial charge is 0.308 e. The number of halogens is 2. The molecule has 0 radical (unpaired) electrons. The molecule has 1 aromatic rings. The van der Waals surface area contributed by atoms with Crippen molar-refractivity contribution in [3.05, 3.63) is 34.6 Å². The Labute approximate surface area is 120 Å². The Balaban J connectivity index is 1.88. The van der Waals surface area contributed by atoms with Crippen molar-refractivity contribution in [3.63, 3.8) is 0 Å². The number of carboxylic acids is 1. The standard InChI is InChI=1S/C14H13ClFNO3/c15-10-3-1-7(5-11(10)16)13(18)17-8-2-4-12(17)9(6-8)14(19)20/h1,3,5,8-9,12H,2,4,6H2,(H,19,20). The van der Waals surface area contributed by atoms with Gasteiger partial charge in [0.15, 0.2) is 0 Å². The highest BCUT2D eigenvalue weighted by Crippen LogP contribution is 2.42. The molecular weight excluding hydrogens is 285 g/mol. The van der Waals surface area contributed by atoms with Crippen LogP contribution < -0.4 is 0 Å². The average Bonchev–Trinajstić information content (AvgIpc) is 2.98. The molecule has 2 saturated heterocycles. The van der Waals surface area contributed by atoms with Crippen LogP contribution in [0, 0.1) is 11.7 Å². The molecule has 0 aliphatic carbocycles. The van der Waals surface area contributed by atoms with Gasteiger partial charge in [0.25, 0.3) is 5.91 Å². The van der Waals surface area contributed by atoms with Crippen LogP contribution in [0.5, 0.6) is 0 Å². The topological polar surface area (TPSA) is 57.6 Å². The third kappa shape index (κ3) is 1.97. The maximum absolute atomic E-state index is 13.4. The van der Waals surface area contributed by atoms with E-state index in [1.54, 1.807) is 4.90 Å². The lowest BCUT2D eigenvalue weighted by Gasteiger charge is -2.23. The van der Waals surface area contributed by atoms with Crippen LogP contribution in [0.4, 0.5) is 4.39 Å². The van der Waals surface area contributed by atoms with Gasteiger partial charge in [0, 0.05) is 17.6 Å². The second-order valence-corrected chi connectivity index (χ2v) is 5.73. The van der Waals surface area contributed by atoms with E-state index in [1.807, 2.05) is 0 Å². The van der Waals surface area contributed by atoms with Crippen LogP contribution in [0.25, 0.3) is 0 Å². The summed E-state index contributed by atoms with van der Waals surface area (Å²) >= 11 is 5.60. The molecule has 4 nitrogen and oxygen atoms in total. The van der Waals surface area contributed by atoms with Gasteiger partial charge in [0.2, 0.25) is 0 Å². The highest BCUT2D eigenvalue weighted by molar-refractivity contribution is 6.30. The molecule has 6 heteroatoms. The average molecular weight is 298 g/mol. The van der Waals surface area contributed by atoms with Crippen LogP contribution in [-0.4, -0.2) is 34.0 Å². The number of rotatable bonds is 2. The summed E-state index contributed by atoms with van der Waals surface area (Å²) in [5.74, 6) is -2.32. The van der Waals surface area contributed by atoms with Crippen LogP contribution in [0.3, 0.4) is 0 Å². The van der Waals surface area contributed by atoms with Crippen molar-refractivity contribution >= 4 is 23.5 Å². The van der Waals surface area contributed by atoms with Crippen molar-refractivity contribution < 1.29 is 19.1 Å². The lowest BCUT2D eigenvalue weighted by atomic mass is 9.89. The van der Waals surface area contributed by atoms with E-state index in [2.05, 4.69) is 0 Å². The number of nitrogens with zero attached hydrogens (tertiary/aromatic N) is 1. The summed E-state index contributed by atoms with van der Waals surface area (Å²) in [5.41, 5.74) is 0.217. The molecule has 0 spiro atoms. The Hall–Kier alpha value is -1.62. The number of amides is 1. The molecule has 20 heavy (non-hydrogen) atoms. The molecule has 1 aromatic carbocycles. The minimum atomic E-state index is -0.864. The van der Waals surface area contributed by atoms with E-state index < -0.39 is 17.7 Å². The molecule has 106 valence electrons. The normalized spacial score (nSPS) is 27.9. The highest BCUT2D eigenvalue weighted by Gasteiger charge is 2.51. The van der Waals surface area contributed by atoms with Crippen molar-refractivity contribution in [2.45, 2.75) is 31.3 Å². The van der Waals surface area contributed by atoms with Gasteiger partial charge in [-0.1, -0.05) is 11.6 Å². The third-order valence-electron chi connectivity index (χ3n) is 4.26. The maximum Gasteiger partial charge on any atom is 0.308 e. The van der Waals surface area contributed by atoms with E-state index in [9.17, 15) is 19.1 Å². The van der Waals surface area contributed by atoms with E-state index >= 15 is 0 Å². The first kappa shape index (κ1) is 13.4.